The van der Waals surface area contributed by atoms with E-state index in [-0.39, 0.29) is 28.8 Å². The molecule has 0 aliphatic carbocycles. The predicted octanol–water partition coefficient (Wildman–Crippen LogP) is 2.07. The fourth-order valence-electron chi connectivity index (χ4n) is 3.43. The first-order valence-corrected chi connectivity index (χ1v) is 12.2. The van der Waals surface area contributed by atoms with Crippen LogP contribution < -0.4 is 10.0 Å². The maximum absolute atomic E-state index is 12.3. The zero-order chi connectivity index (χ0) is 22.3. The van der Waals surface area contributed by atoms with Gasteiger partial charge in [0.05, 0.1) is 5.02 Å². The van der Waals surface area contributed by atoms with E-state index in [9.17, 15) is 13.2 Å². The van der Waals surface area contributed by atoms with Gasteiger partial charge in [-0.3, -0.25) is 9.69 Å². The molecule has 0 bridgehead atoms. The summed E-state index contributed by atoms with van der Waals surface area (Å²) in [5.74, 6) is -0.216. The molecule has 1 amide bonds. The van der Waals surface area contributed by atoms with E-state index in [1.165, 1.54) is 17.7 Å². The summed E-state index contributed by atoms with van der Waals surface area (Å²) in [5, 5.41) is 3.00. The zero-order valence-electron chi connectivity index (χ0n) is 17.7. The maximum Gasteiger partial charge on any atom is 0.242 e. The summed E-state index contributed by atoms with van der Waals surface area (Å²) in [6.07, 6.45) is 0.0463. The van der Waals surface area contributed by atoms with Crippen LogP contribution >= 0.6 is 11.6 Å². The molecule has 2 N–H and O–H groups in total. The molecule has 1 saturated heterocycles. The predicted molar refractivity (Wildman–Crippen MR) is 122 cm³/mol. The Bertz CT molecular complexity index is 992. The Morgan fingerprint density at radius 1 is 1.03 bits per heavy atom. The summed E-state index contributed by atoms with van der Waals surface area (Å²) in [6.45, 7) is 5.59. The van der Waals surface area contributed by atoms with Crippen molar-refractivity contribution in [3.63, 3.8) is 0 Å². The molecule has 31 heavy (non-hydrogen) atoms. The van der Waals surface area contributed by atoms with Crippen molar-refractivity contribution in [2.75, 3.05) is 39.8 Å². The Morgan fingerprint density at radius 3 is 2.48 bits per heavy atom. The van der Waals surface area contributed by atoms with E-state index < -0.39 is 10.0 Å². The molecule has 0 saturated carbocycles. The second-order valence-electron chi connectivity index (χ2n) is 7.75. The molecule has 0 aromatic heterocycles. The van der Waals surface area contributed by atoms with Gasteiger partial charge in [0.1, 0.15) is 4.90 Å². The van der Waals surface area contributed by atoms with Crippen molar-refractivity contribution in [1.82, 2.24) is 19.8 Å². The number of rotatable bonds is 9. The van der Waals surface area contributed by atoms with Crippen LogP contribution in [0.15, 0.2) is 53.4 Å². The van der Waals surface area contributed by atoms with Gasteiger partial charge in [0.2, 0.25) is 15.9 Å². The molecule has 0 atom stereocenters. The highest BCUT2D eigenvalue weighted by atomic mass is 35.5. The molecule has 0 spiro atoms. The molecular weight excluding hydrogens is 436 g/mol. The minimum Gasteiger partial charge on any atom is -0.352 e. The summed E-state index contributed by atoms with van der Waals surface area (Å²) < 4.78 is 27.0. The third-order valence-corrected chi connectivity index (χ3v) is 7.21. The molecule has 168 valence electrons. The Kier molecular flexibility index (Phi) is 8.45. The molecule has 1 aliphatic heterocycles. The second-order valence-corrected chi connectivity index (χ2v) is 9.90. The minimum absolute atomic E-state index is 0.00281. The van der Waals surface area contributed by atoms with Crippen molar-refractivity contribution in [3.8, 4) is 0 Å². The van der Waals surface area contributed by atoms with Gasteiger partial charge in [-0.05, 0) is 30.3 Å². The van der Waals surface area contributed by atoms with Crippen LogP contribution in [0.5, 0.6) is 0 Å². The lowest BCUT2D eigenvalue weighted by molar-refractivity contribution is -0.121. The van der Waals surface area contributed by atoms with Crippen LogP contribution in [0.25, 0.3) is 0 Å². The van der Waals surface area contributed by atoms with E-state index in [4.69, 9.17) is 11.6 Å². The van der Waals surface area contributed by atoms with Gasteiger partial charge in [-0.15, -0.1) is 0 Å². The standard InChI is InChI=1S/C22H29ClN4O3S/c1-26-11-13-27(14-12-26)17-19-6-4-5-18(15-19)16-24-22(28)9-10-25-31(29,30)21-8-3-2-7-20(21)23/h2-8,15,25H,9-14,16-17H2,1H3,(H,24,28). The Hall–Kier alpha value is -1.97. The fourth-order valence-corrected chi connectivity index (χ4v) is 4.98. The monoisotopic (exact) mass is 464 g/mol. The van der Waals surface area contributed by atoms with Crippen molar-refractivity contribution in [3.05, 3.63) is 64.7 Å². The van der Waals surface area contributed by atoms with E-state index >= 15 is 0 Å². The normalized spacial score (nSPS) is 15.7. The lowest BCUT2D eigenvalue weighted by Crippen LogP contribution is -2.43. The molecule has 0 unspecified atom stereocenters. The fraction of sp³-hybridized carbons (Fsp3) is 0.409. The number of hydrogen-bond acceptors (Lipinski definition) is 5. The summed E-state index contributed by atoms with van der Waals surface area (Å²) in [6, 6.07) is 14.4. The Labute approximate surface area is 189 Å². The van der Waals surface area contributed by atoms with Gasteiger partial charge in [0.25, 0.3) is 0 Å². The van der Waals surface area contributed by atoms with Gasteiger partial charge < -0.3 is 10.2 Å². The van der Waals surface area contributed by atoms with Crippen LogP contribution in [-0.4, -0.2) is 63.9 Å². The number of carbonyl (C=O) groups excluding carboxylic acids is 1. The molecule has 2 aromatic carbocycles. The van der Waals surface area contributed by atoms with Gasteiger partial charge in [-0.2, -0.15) is 0 Å². The Balaban J connectivity index is 1.43. The summed E-state index contributed by atoms with van der Waals surface area (Å²) in [5.41, 5.74) is 2.25. The molecule has 9 heteroatoms. The highest BCUT2D eigenvalue weighted by molar-refractivity contribution is 7.89. The number of nitrogens with one attached hydrogen (secondary N) is 2. The van der Waals surface area contributed by atoms with E-state index in [2.05, 4.69) is 39.0 Å². The number of piperazine rings is 1. The molecule has 3 rings (SSSR count). The van der Waals surface area contributed by atoms with Crippen molar-refractivity contribution < 1.29 is 13.2 Å². The second kappa shape index (κ2) is 11.1. The van der Waals surface area contributed by atoms with Crippen LogP contribution in [0.1, 0.15) is 17.5 Å². The first-order chi connectivity index (χ1) is 14.8. The number of benzene rings is 2. The van der Waals surface area contributed by atoms with Crippen molar-refractivity contribution in [2.24, 2.45) is 0 Å². The van der Waals surface area contributed by atoms with E-state index in [1.807, 2.05) is 12.1 Å². The number of likely N-dealkylation sites (N-methyl/N-ethyl adjacent to an activating group) is 1. The number of halogens is 1. The van der Waals surface area contributed by atoms with Crippen molar-refractivity contribution >= 4 is 27.5 Å². The Morgan fingerprint density at radius 2 is 1.74 bits per heavy atom. The molecule has 2 aromatic rings. The van der Waals surface area contributed by atoms with E-state index in [0.29, 0.717) is 6.54 Å². The van der Waals surface area contributed by atoms with Crippen LogP contribution in [-0.2, 0) is 27.9 Å². The first kappa shape index (κ1) is 23.7. The number of carbonyl (C=O) groups is 1. The van der Waals surface area contributed by atoms with Crippen LogP contribution in [0, 0.1) is 0 Å². The maximum atomic E-state index is 12.3. The van der Waals surface area contributed by atoms with Crippen molar-refractivity contribution in [2.45, 2.75) is 24.4 Å². The highest BCUT2D eigenvalue weighted by Gasteiger charge is 2.17. The van der Waals surface area contributed by atoms with Crippen LogP contribution in [0.2, 0.25) is 5.02 Å². The smallest absolute Gasteiger partial charge is 0.242 e. The van der Waals surface area contributed by atoms with Crippen LogP contribution in [0.3, 0.4) is 0 Å². The van der Waals surface area contributed by atoms with E-state index in [1.54, 1.807) is 12.1 Å². The van der Waals surface area contributed by atoms with Gasteiger partial charge in [-0.25, -0.2) is 13.1 Å². The topological polar surface area (TPSA) is 81.8 Å². The quantitative estimate of drug-likeness (QED) is 0.593. The van der Waals surface area contributed by atoms with Gasteiger partial charge >= 0.3 is 0 Å². The average Bonchev–Trinajstić information content (AvgIpc) is 2.74. The highest BCUT2D eigenvalue weighted by Crippen LogP contribution is 2.20. The largest absolute Gasteiger partial charge is 0.352 e. The number of amides is 1. The molecule has 1 aliphatic rings. The van der Waals surface area contributed by atoms with Gasteiger partial charge in [0.15, 0.2) is 0 Å². The molecule has 1 heterocycles. The average molecular weight is 465 g/mol. The number of hydrogen-bond donors (Lipinski definition) is 2. The summed E-state index contributed by atoms with van der Waals surface area (Å²) in [7, 11) is -1.61. The third-order valence-electron chi connectivity index (χ3n) is 5.25. The van der Waals surface area contributed by atoms with Gasteiger partial charge in [-0.1, -0.05) is 48.0 Å². The minimum atomic E-state index is -3.75. The molecule has 1 fully saturated rings. The molecular formula is C22H29ClN4O3S. The first-order valence-electron chi connectivity index (χ1n) is 10.3. The van der Waals surface area contributed by atoms with Gasteiger partial charge in [0, 0.05) is 52.2 Å². The SMILES string of the molecule is CN1CCN(Cc2cccc(CNC(=O)CCNS(=O)(=O)c3ccccc3Cl)c2)CC1. The van der Waals surface area contributed by atoms with Crippen LogP contribution in [0.4, 0.5) is 0 Å². The number of nitrogens with zero attached hydrogens (tertiary/aromatic N) is 2. The zero-order valence-corrected chi connectivity index (χ0v) is 19.3. The lowest BCUT2D eigenvalue weighted by atomic mass is 10.1. The summed E-state index contributed by atoms with van der Waals surface area (Å²) in [4.78, 5) is 16.9. The van der Waals surface area contributed by atoms with Crippen molar-refractivity contribution in [1.29, 1.82) is 0 Å². The van der Waals surface area contributed by atoms with E-state index in [0.717, 1.165) is 38.3 Å². The third kappa shape index (κ3) is 7.29. The summed E-state index contributed by atoms with van der Waals surface area (Å²) >= 11 is 5.94. The lowest BCUT2D eigenvalue weighted by Gasteiger charge is -2.32. The number of sulfonamides is 1. The molecule has 7 nitrogen and oxygen atoms in total. The molecule has 0 radical (unpaired) electrons.